The van der Waals surface area contributed by atoms with Crippen molar-refractivity contribution >= 4 is 16.1 Å². The Morgan fingerprint density at radius 2 is 2.00 bits per heavy atom. The van der Waals surface area contributed by atoms with E-state index in [1.165, 1.54) is 0 Å². The largest absolute Gasteiger partial charge is 0.452 e. The molecule has 0 spiro atoms. The number of ether oxygens (including phenoxy) is 1. The number of methoxy groups -OCH3 is 1. The molecule has 1 aliphatic heterocycles. The molecule has 0 N–H and O–H groups in total. The van der Waals surface area contributed by atoms with Gasteiger partial charge in [0, 0.05) is 0 Å². The third-order valence-electron chi connectivity index (χ3n) is 2.49. The van der Waals surface area contributed by atoms with Gasteiger partial charge in [-0.05, 0) is 5.56 Å². The van der Waals surface area contributed by atoms with E-state index in [1.54, 1.807) is 24.3 Å². The van der Waals surface area contributed by atoms with Crippen LogP contribution in [0, 0.1) is 0 Å². The minimum absolute atomic E-state index is 0.0495. The Morgan fingerprint density at radius 3 is 2.50 bits per heavy atom. The first-order valence-corrected chi connectivity index (χ1v) is 6.32. The fourth-order valence-corrected chi connectivity index (χ4v) is 3.22. The summed E-state index contributed by atoms with van der Waals surface area (Å²) in [6, 6.07) is 8.58. The second-order valence-corrected chi connectivity index (χ2v) is 5.36. The molecule has 1 aromatic rings. The van der Waals surface area contributed by atoms with Crippen molar-refractivity contribution in [1.82, 2.24) is 4.31 Å². The zero-order valence-corrected chi connectivity index (χ0v) is 9.48. The fraction of sp³-hybridized carbons (Fsp3) is 0.300. The Morgan fingerprint density at radius 1 is 1.38 bits per heavy atom. The summed E-state index contributed by atoms with van der Waals surface area (Å²) in [6.07, 6.45) is -0.833. The van der Waals surface area contributed by atoms with Crippen molar-refractivity contribution in [2.45, 2.75) is 6.04 Å². The van der Waals surface area contributed by atoms with Gasteiger partial charge in [-0.25, -0.2) is 13.2 Å². The molecule has 2 rings (SSSR count). The van der Waals surface area contributed by atoms with E-state index < -0.39 is 22.2 Å². The zero-order valence-electron chi connectivity index (χ0n) is 8.66. The van der Waals surface area contributed by atoms with Gasteiger partial charge in [0.25, 0.3) is 0 Å². The van der Waals surface area contributed by atoms with E-state index in [2.05, 4.69) is 4.74 Å². The number of benzene rings is 1. The van der Waals surface area contributed by atoms with Crippen LogP contribution in [0.25, 0.3) is 0 Å². The van der Waals surface area contributed by atoms with Crippen molar-refractivity contribution in [3.8, 4) is 0 Å². The van der Waals surface area contributed by atoms with Gasteiger partial charge in [-0.3, -0.25) is 0 Å². The van der Waals surface area contributed by atoms with Crippen molar-refractivity contribution in [1.29, 1.82) is 0 Å². The van der Waals surface area contributed by atoms with Crippen LogP contribution in [0.4, 0.5) is 4.79 Å². The number of carbonyl (C=O) groups excluding carboxylic acids is 1. The van der Waals surface area contributed by atoms with Crippen molar-refractivity contribution in [3.63, 3.8) is 0 Å². The van der Waals surface area contributed by atoms with E-state index in [0.717, 1.165) is 17.0 Å². The summed E-state index contributed by atoms with van der Waals surface area (Å²) in [6.45, 7) is 0. The topological polar surface area (TPSA) is 63.7 Å². The maximum absolute atomic E-state index is 11.4. The van der Waals surface area contributed by atoms with E-state index in [-0.39, 0.29) is 5.75 Å². The van der Waals surface area contributed by atoms with Gasteiger partial charge in [-0.15, -0.1) is 0 Å². The molecule has 6 heteroatoms. The summed E-state index contributed by atoms with van der Waals surface area (Å²) in [4.78, 5) is 11.3. The third-order valence-corrected chi connectivity index (χ3v) is 4.23. The second kappa shape index (κ2) is 3.79. The highest BCUT2D eigenvalue weighted by Gasteiger charge is 2.48. The SMILES string of the molecule is COC(=O)N1[C@H](c2ccccc2)CS1(=O)=O. The molecule has 1 aromatic carbocycles. The lowest BCUT2D eigenvalue weighted by Crippen LogP contribution is -2.53. The molecule has 0 bridgehead atoms. The zero-order chi connectivity index (χ0) is 11.8. The molecule has 0 aliphatic carbocycles. The van der Waals surface area contributed by atoms with Crippen LogP contribution < -0.4 is 0 Å². The highest BCUT2D eigenvalue weighted by molar-refractivity contribution is 7.90. The Kier molecular flexibility index (Phi) is 2.59. The number of hydrogen-bond donors (Lipinski definition) is 0. The van der Waals surface area contributed by atoms with Gasteiger partial charge in [0.15, 0.2) is 0 Å². The Hall–Kier alpha value is -1.56. The average Bonchev–Trinajstić information content (AvgIpc) is 2.27. The monoisotopic (exact) mass is 241 g/mol. The summed E-state index contributed by atoms with van der Waals surface area (Å²) in [5, 5.41) is 0. The summed E-state index contributed by atoms with van der Waals surface area (Å²) in [5.41, 5.74) is 0.794. The number of rotatable bonds is 1. The molecule has 86 valence electrons. The number of carbonyl (C=O) groups is 1. The van der Waals surface area contributed by atoms with Crippen LogP contribution in [-0.2, 0) is 14.8 Å². The summed E-state index contributed by atoms with van der Waals surface area (Å²) >= 11 is 0. The van der Waals surface area contributed by atoms with E-state index in [0.29, 0.717) is 0 Å². The minimum Gasteiger partial charge on any atom is -0.452 e. The number of sulfonamides is 1. The van der Waals surface area contributed by atoms with Crippen molar-refractivity contribution in [2.24, 2.45) is 0 Å². The first-order valence-electron chi connectivity index (χ1n) is 4.71. The van der Waals surface area contributed by atoms with Crippen LogP contribution in [0.1, 0.15) is 11.6 Å². The minimum atomic E-state index is -3.47. The summed E-state index contributed by atoms with van der Waals surface area (Å²) < 4.78 is 28.1. The molecule has 16 heavy (non-hydrogen) atoms. The lowest BCUT2D eigenvalue weighted by molar-refractivity contribution is 0.133. The van der Waals surface area contributed by atoms with Gasteiger partial charge < -0.3 is 4.74 Å². The highest BCUT2D eigenvalue weighted by atomic mass is 32.2. The van der Waals surface area contributed by atoms with Gasteiger partial charge in [-0.1, -0.05) is 30.3 Å². The van der Waals surface area contributed by atoms with E-state index in [9.17, 15) is 13.2 Å². The van der Waals surface area contributed by atoms with Gasteiger partial charge in [0.05, 0.1) is 18.9 Å². The Labute approximate surface area is 93.7 Å². The molecule has 0 aromatic heterocycles. The number of hydrogen-bond acceptors (Lipinski definition) is 4. The molecule has 1 aliphatic rings. The van der Waals surface area contributed by atoms with E-state index in [4.69, 9.17) is 0 Å². The second-order valence-electron chi connectivity index (χ2n) is 3.47. The van der Waals surface area contributed by atoms with E-state index >= 15 is 0 Å². The molecule has 0 radical (unpaired) electrons. The smallest absolute Gasteiger partial charge is 0.423 e. The lowest BCUT2D eigenvalue weighted by Gasteiger charge is -2.38. The summed E-state index contributed by atoms with van der Waals surface area (Å²) in [5.74, 6) is -0.0495. The van der Waals surface area contributed by atoms with Crippen LogP contribution in [-0.4, -0.2) is 31.7 Å². The van der Waals surface area contributed by atoms with Gasteiger partial charge in [0.1, 0.15) is 0 Å². The quantitative estimate of drug-likeness (QED) is 0.739. The molecule has 0 saturated carbocycles. The maximum Gasteiger partial charge on any atom is 0.423 e. The Bertz CT molecular complexity index is 497. The maximum atomic E-state index is 11.4. The molecular formula is C10H11NO4S. The highest BCUT2D eigenvalue weighted by Crippen LogP contribution is 2.35. The molecule has 1 fully saturated rings. The predicted octanol–water partition coefficient (Wildman–Crippen LogP) is 1.14. The van der Waals surface area contributed by atoms with Crippen LogP contribution in [0.5, 0.6) is 0 Å². The molecule has 1 saturated heterocycles. The van der Waals surface area contributed by atoms with Crippen LogP contribution in [0.2, 0.25) is 0 Å². The third kappa shape index (κ3) is 1.65. The molecular weight excluding hydrogens is 230 g/mol. The average molecular weight is 241 g/mol. The normalized spacial score (nSPS) is 22.3. The van der Waals surface area contributed by atoms with Crippen molar-refractivity contribution in [2.75, 3.05) is 12.9 Å². The van der Waals surface area contributed by atoms with Crippen LogP contribution >= 0.6 is 0 Å². The van der Waals surface area contributed by atoms with Crippen molar-refractivity contribution in [3.05, 3.63) is 35.9 Å². The number of nitrogens with zero attached hydrogens (tertiary/aromatic N) is 1. The van der Waals surface area contributed by atoms with Gasteiger partial charge >= 0.3 is 6.09 Å². The van der Waals surface area contributed by atoms with Gasteiger partial charge in [0.2, 0.25) is 10.0 Å². The molecule has 1 heterocycles. The van der Waals surface area contributed by atoms with Crippen molar-refractivity contribution < 1.29 is 17.9 Å². The van der Waals surface area contributed by atoms with Crippen LogP contribution in [0.15, 0.2) is 30.3 Å². The lowest BCUT2D eigenvalue weighted by atomic mass is 10.1. The predicted molar refractivity (Wildman–Crippen MR) is 57.2 cm³/mol. The molecule has 0 unspecified atom stereocenters. The molecule has 5 nitrogen and oxygen atoms in total. The standard InChI is InChI=1S/C10H11NO4S/c1-15-10(12)11-9(7-16(11,13)14)8-5-3-2-4-6-8/h2-6,9H,7H2,1H3/t9-/m0/s1. The molecule has 1 atom stereocenters. The first kappa shape index (κ1) is 10.9. The van der Waals surface area contributed by atoms with Gasteiger partial charge in [-0.2, -0.15) is 4.31 Å². The van der Waals surface area contributed by atoms with E-state index in [1.807, 2.05) is 6.07 Å². The fourth-order valence-electron chi connectivity index (χ4n) is 1.69. The first-order chi connectivity index (χ1) is 7.56. The molecule has 1 amide bonds. The number of amides is 1. The Balaban J connectivity index is 2.30. The van der Waals surface area contributed by atoms with Crippen LogP contribution in [0.3, 0.4) is 0 Å². The summed E-state index contributed by atoms with van der Waals surface area (Å²) in [7, 11) is -2.31.